The minimum absolute atomic E-state index is 0.218. The van der Waals surface area contributed by atoms with Gasteiger partial charge in [-0.05, 0) is 0 Å². The highest BCUT2D eigenvalue weighted by Gasteiger charge is 2.15. The number of hydrogen-bond acceptors (Lipinski definition) is 4. The lowest BCUT2D eigenvalue weighted by Gasteiger charge is -2.27. The van der Waals surface area contributed by atoms with Crippen molar-refractivity contribution < 1.29 is 19.4 Å². The van der Waals surface area contributed by atoms with Gasteiger partial charge in [0.05, 0.1) is 13.2 Å². The number of carbonyl (C=O) groups excluding carboxylic acids is 1. The molecule has 108 valence electrons. The SMILES string of the molecule is C=CCN(CC(=O)O)C(=O)NCCN1CCOCC1. The fraction of sp³-hybridized carbons (Fsp3) is 0.667. The number of carboxylic acid groups (broad SMARTS) is 1. The second-order valence-corrected chi connectivity index (χ2v) is 4.25. The summed E-state index contributed by atoms with van der Waals surface area (Å²) < 4.78 is 5.23. The lowest BCUT2D eigenvalue weighted by molar-refractivity contribution is -0.137. The molecule has 0 aromatic carbocycles. The molecule has 0 atom stereocenters. The van der Waals surface area contributed by atoms with Crippen LogP contribution in [0.3, 0.4) is 0 Å². The van der Waals surface area contributed by atoms with E-state index in [0.717, 1.165) is 32.8 Å². The van der Waals surface area contributed by atoms with Crippen LogP contribution < -0.4 is 5.32 Å². The number of urea groups is 1. The van der Waals surface area contributed by atoms with Crippen LogP contribution in [0.15, 0.2) is 12.7 Å². The quantitative estimate of drug-likeness (QED) is 0.616. The maximum atomic E-state index is 11.8. The van der Waals surface area contributed by atoms with Crippen LogP contribution in [0.25, 0.3) is 0 Å². The number of morpholine rings is 1. The van der Waals surface area contributed by atoms with Crippen LogP contribution in [0.4, 0.5) is 4.79 Å². The monoisotopic (exact) mass is 271 g/mol. The van der Waals surface area contributed by atoms with Gasteiger partial charge in [0.2, 0.25) is 0 Å². The second-order valence-electron chi connectivity index (χ2n) is 4.25. The Labute approximate surface area is 112 Å². The van der Waals surface area contributed by atoms with Gasteiger partial charge in [0, 0.05) is 32.7 Å². The van der Waals surface area contributed by atoms with Crippen LogP contribution in [-0.4, -0.2) is 79.4 Å². The van der Waals surface area contributed by atoms with Crippen molar-refractivity contribution in [2.75, 3.05) is 52.5 Å². The highest BCUT2D eigenvalue weighted by molar-refractivity contribution is 5.80. The molecule has 7 heteroatoms. The van der Waals surface area contributed by atoms with E-state index < -0.39 is 5.97 Å². The minimum atomic E-state index is -1.04. The van der Waals surface area contributed by atoms with Gasteiger partial charge >= 0.3 is 12.0 Å². The van der Waals surface area contributed by atoms with Crippen LogP contribution in [0.2, 0.25) is 0 Å². The zero-order valence-electron chi connectivity index (χ0n) is 11.0. The smallest absolute Gasteiger partial charge is 0.323 e. The van der Waals surface area contributed by atoms with Crippen LogP contribution in [0, 0.1) is 0 Å². The third-order valence-electron chi connectivity index (χ3n) is 2.77. The van der Waals surface area contributed by atoms with Gasteiger partial charge in [-0.3, -0.25) is 9.69 Å². The fourth-order valence-electron chi connectivity index (χ4n) is 1.80. The topological polar surface area (TPSA) is 82.1 Å². The zero-order valence-corrected chi connectivity index (χ0v) is 11.0. The number of ether oxygens (including phenoxy) is 1. The first-order valence-electron chi connectivity index (χ1n) is 6.29. The number of aliphatic carboxylic acids is 1. The molecule has 0 spiro atoms. The van der Waals surface area contributed by atoms with Crippen LogP contribution in [0.1, 0.15) is 0 Å². The van der Waals surface area contributed by atoms with Gasteiger partial charge in [-0.2, -0.15) is 0 Å². The summed E-state index contributed by atoms with van der Waals surface area (Å²) in [5.74, 6) is -1.04. The molecule has 0 aromatic heterocycles. The van der Waals surface area contributed by atoms with Crippen LogP contribution in [-0.2, 0) is 9.53 Å². The van der Waals surface area contributed by atoms with E-state index >= 15 is 0 Å². The Balaban J connectivity index is 2.26. The van der Waals surface area contributed by atoms with Gasteiger partial charge in [0.1, 0.15) is 6.54 Å². The summed E-state index contributed by atoms with van der Waals surface area (Å²) in [6.45, 7) is 7.79. The first-order valence-corrected chi connectivity index (χ1v) is 6.29. The molecule has 0 saturated carbocycles. The molecule has 1 saturated heterocycles. The number of carbonyl (C=O) groups is 2. The molecule has 0 aliphatic carbocycles. The molecule has 1 fully saturated rings. The Morgan fingerprint density at radius 3 is 2.68 bits per heavy atom. The van der Waals surface area contributed by atoms with Crippen molar-refractivity contribution >= 4 is 12.0 Å². The van der Waals surface area contributed by atoms with Crippen LogP contribution in [0.5, 0.6) is 0 Å². The molecule has 1 rings (SSSR count). The number of nitrogens with zero attached hydrogens (tertiary/aromatic N) is 2. The average Bonchev–Trinajstić information content (AvgIpc) is 2.39. The Morgan fingerprint density at radius 2 is 2.11 bits per heavy atom. The summed E-state index contributed by atoms with van der Waals surface area (Å²) in [6, 6.07) is -0.379. The van der Waals surface area contributed by atoms with Crippen molar-refractivity contribution in [2.45, 2.75) is 0 Å². The van der Waals surface area contributed by atoms with Gasteiger partial charge in [-0.25, -0.2) is 4.79 Å². The third kappa shape index (κ3) is 6.21. The maximum Gasteiger partial charge on any atom is 0.323 e. The predicted molar refractivity (Wildman–Crippen MR) is 70.1 cm³/mol. The summed E-state index contributed by atoms with van der Waals surface area (Å²) in [6.07, 6.45) is 1.50. The van der Waals surface area contributed by atoms with E-state index in [9.17, 15) is 9.59 Å². The first kappa shape index (κ1) is 15.5. The molecule has 0 radical (unpaired) electrons. The van der Waals surface area contributed by atoms with E-state index in [1.807, 2.05) is 0 Å². The van der Waals surface area contributed by atoms with Crippen molar-refractivity contribution in [1.82, 2.24) is 15.1 Å². The standard InChI is InChI=1S/C12H21N3O4/c1-2-4-15(10-11(16)17)12(18)13-3-5-14-6-8-19-9-7-14/h2H,1,3-10H2,(H,13,18)(H,16,17). The predicted octanol–water partition coefficient (Wildman–Crippen LogP) is -0.399. The molecule has 0 unspecified atom stereocenters. The lowest BCUT2D eigenvalue weighted by atomic mass is 10.4. The average molecular weight is 271 g/mol. The van der Waals surface area contributed by atoms with Gasteiger partial charge in [-0.15, -0.1) is 6.58 Å². The number of amides is 2. The summed E-state index contributed by atoms with van der Waals surface area (Å²) in [5, 5.41) is 11.4. The number of rotatable bonds is 7. The number of hydrogen-bond donors (Lipinski definition) is 2. The Hall–Kier alpha value is -1.60. The van der Waals surface area contributed by atoms with E-state index in [1.54, 1.807) is 0 Å². The number of nitrogens with one attached hydrogen (secondary N) is 1. The maximum absolute atomic E-state index is 11.8. The highest BCUT2D eigenvalue weighted by Crippen LogP contribution is 1.95. The number of carboxylic acids is 1. The molecule has 2 amide bonds. The van der Waals surface area contributed by atoms with E-state index in [0.29, 0.717) is 6.54 Å². The van der Waals surface area contributed by atoms with E-state index in [-0.39, 0.29) is 19.1 Å². The summed E-state index contributed by atoms with van der Waals surface area (Å²) in [5.41, 5.74) is 0. The van der Waals surface area contributed by atoms with Crippen molar-refractivity contribution in [3.8, 4) is 0 Å². The normalized spacial score (nSPS) is 15.8. The Kier molecular flexibility index (Phi) is 6.91. The Morgan fingerprint density at radius 1 is 1.42 bits per heavy atom. The van der Waals surface area contributed by atoms with E-state index in [2.05, 4.69) is 16.8 Å². The molecule has 1 aliphatic rings. The molecular formula is C12H21N3O4. The van der Waals surface area contributed by atoms with Crippen LogP contribution >= 0.6 is 0 Å². The molecule has 7 nitrogen and oxygen atoms in total. The van der Waals surface area contributed by atoms with Crippen molar-refractivity contribution in [2.24, 2.45) is 0 Å². The molecule has 0 aromatic rings. The minimum Gasteiger partial charge on any atom is -0.480 e. The molecular weight excluding hydrogens is 250 g/mol. The highest BCUT2D eigenvalue weighted by atomic mass is 16.5. The molecule has 2 N–H and O–H groups in total. The van der Waals surface area contributed by atoms with E-state index in [1.165, 1.54) is 11.0 Å². The second kappa shape index (κ2) is 8.49. The van der Waals surface area contributed by atoms with Crippen molar-refractivity contribution in [3.05, 3.63) is 12.7 Å². The van der Waals surface area contributed by atoms with Crippen molar-refractivity contribution in [1.29, 1.82) is 0 Å². The zero-order chi connectivity index (χ0) is 14.1. The Bertz CT molecular complexity index is 316. The van der Waals surface area contributed by atoms with Gasteiger partial charge in [0.15, 0.2) is 0 Å². The summed E-state index contributed by atoms with van der Waals surface area (Å²) in [4.78, 5) is 25.8. The molecule has 1 aliphatic heterocycles. The van der Waals surface area contributed by atoms with E-state index in [4.69, 9.17) is 9.84 Å². The molecule has 1 heterocycles. The molecule has 0 bridgehead atoms. The largest absolute Gasteiger partial charge is 0.480 e. The fourth-order valence-corrected chi connectivity index (χ4v) is 1.80. The van der Waals surface area contributed by atoms with Gasteiger partial charge in [-0.1, -0.05) is 6.08 Å². The summed E-state index contributed by atoms with van der Waals surface area (Å²) >= 11 is 0. The third-order valence-corrected chi connectivity index (χ3v) is 2.77. The van der Waals surface area contributed by atoms with Gasteiger partial charge in [0.25, 0.3) is 0 Å². The van der Waals surface area contributed by atoms with Gasteiger partial charge < -0.3 is 20.1 Å². The molecule has 19 heavy (non-hydrogen) atoms. The summed E-state index contributed by atoms with van der Waals surface area (Å²) in [7, 11) is 0. The van der Waals surface area contributed by atoms with Crippen molar-refractivity contribution in [3.63, 3.8) is 0 Å². The lowest BCUT2D eigenvalue weighted by Crippen LogP contribution is -2.46. The first-order chi connectivity index (χ1) is 9.13.